The first-order chi connectivity index (χ1) is 12.2. The van der Waals surface area contributed by atoms with E-state index in [4.69, 9.17) is 4.74 Å². The zero-order chi connectivity index (χ0) is 19.1. The van der Waals surface area contributed by atoms with E-state index in [9.17, 15) is 9.59 Å². The summed E-state index contributed by atoms with van der Waals surface area (Å²) in [5.74, 6) is 0.236. The highest BCUT2D eigenvalue weighted by molar-refractivity contribution is 7.18. The van der Waals surface area contributed by atoms with E-state index in [0.717, 1.165) is 36.1 Å². The predicted octanol–water partition coefficient (Wildman–Crippen LogP) is 4.12. The SMILES string of the molecule is CCCOC(=O)C(C)n1cnc2sc3c(c2c1=O)CCC(C(C)(C)C)C3. The van der Waals surface area contributed by atoms with Gasteiger partial charge in [-0.2, -0.15) is 0 Å². The van der Waals surface area contributed by atoms with Crippen molar-refractivity contribution in [2.45, 2.75) is 66.3 Å². The first kappa shape index (κ1) is 19.1. The highest BCUT2D eigenvalue weighted by Gasteiger charge is 2.32. The minimum atomic E-state index is -0.660. The fraction of sp³-hybridized carbons (Fsp3) is 0.650. The molecule has 26 heavy (non-hydrogen) atoms. The fourth-order valence-electron chi connectivity index (χ4n) is 3.63. The normalized spacial score (nSPS) is 18.6. The van der Waals surface area contributed by atoms with Gasteiger partial charge in [0.05, 0.1) is 18.3 Å². The van der Waals surface area contributed by atoms with Crippen LogP contribution >= 0.6 is 11.3 Å². The Morgan fingerprint density at radius 1 is 1.46 bits per heavy atom. The van der Waals surface area contributed by atoms with Gasteiger partial charge in [0.2, 0.25) is 0 Å². The number of thiophene rings is 1. The molecular weight excluding hydrogens is 348 g/mol. The maximum atomic E-state index is 13.1. The molecule has 0 fully saturated rings. The van der Waals surface area contributed by atoms with Crippen LogP contribution in [0.1, 0.15) is 63.9 Å². The number of carbonyl (C=O) groups excluding carboxylic acids is 1. The van der Waals surface area contributed by atoms with Crippen molar-refractivity contribution < 1.29 is 9.53 Å². The lowest BCUT2D eigenvalue weighted by Gasteiger charge is -2.33. The third-order valence-electron chi connectivity index (χ3n) is 5.43. The van der Waals surface area contributed by atoms with Gasteiger partial charge in [-0.15, -0.1) is 11.3 Å². The van der Waals surface area contributed by atoms with Gasteiger partial charge in [0.25, 0.3) is 5.56 Å². The van der Waals surface area contributed by atoms with Gasteiger partial charge in [0.15, 0.2) is 0 Å². The number of fused-ring (bicyclic) bond motifs is 3. The summed E-state index contributed by atoms with van der Waals surface area (Å²) in [6.45, 7) is 10.9. The third kappa shape index (κ3) is 3.43. The third-order valence-corrected chi connectivity index (χ3v) is 6.59. The predicted molar refractivity (Wildman–Crippen MR) is 105 cm³/mol. The summed E-state index contributed by atoms with van der Waals surface area (Å²) >= 11 is 1.64. The molecule has 2 aromatic heterocycles. The molecule has 1 aliphatic carbocycles. The van der Waals surface area contributed by atoms with Crippen LogP contribution in [0.15, 0.2) is 11.1 Å². The van der Waals surface area contributed by atoms with E-state index in [1.165, 1.54) is 15.8 Å². The number of rotatable bonds is 4. The van der Waals surface area contributed by atoms with Crippen LogP contribution in [-0.4, -0.2) is 22.1 Å². The number of ether oxygens (including phenoxy) is 1. The molecule has 2 unspecified atom stereocenters. The first-order valence-corrected chi connectivity index (χ1v) is 10.2. The lowest BCUT2D eigenvalue weighted by atomic mass is 9.72. The van der Waals surface area contributed by atoms with Crippen molar-refractivity contribution in [3.63, 3.8) is 0 Å². The molecule has 0 saturated heterocycles. The quantitative estimate of drug-likeness (QED) is 0.753. The van der Waals surface area contributed by atoms with Crippen molar-refractivity contribution in [1.82, 2.24) is 9.55 Å². The number of nitrogens with zero attached hydrogens (tertiary/aromatic N) is 2. The van der Waals surface area contributed by atoms with Crippen LogP contribution < -0.4 is 5.56 Å². The van der Waals surface area contributed by atoms with Crippen LogP contribution in [-0.2, 0) is 22.4 Å². The van der Waals surface area contributed by atoms with Gasteiger partial charge >= 0.3 is 5.97 Å². The number of esters is 1. The number of aryl methyl sites for hydroxylation is 1. The molecule has 2 atom stereocenters. The van der Waals surface area contributed by atoms with E-state index in [-0.39, 0.29) is 16.9 Å². The molecule has 2 heterocycles. The Morgan fingerprint density at radius 3 is 2.85 bits per heavy atom. The largest absolute Gasteiger partial charge is 0.464 e. The molecule has 0 radical (unpaired) electrons. The number of hydrogen-bond donors (Lipinski definition) is 0. The molecule has 0 bridgehead atoms. The molecule has 3 rings (SSSR count). The lowest BCUT2D eigenvalue weighted by Crippen LogP contribution is -2.30. The smallest absolute Gasteiger partial charge is 0.328 e. The average molecular weight is 377 g/mol. The molecule has 0 amide bonds. The molecule has 2 aromatic rings. The maximum absolute atomic E-state index is 13.1. The summed E-state index contributed by atoms with van der Waals surface area (Å²) in [7, 11) is 0. The summed E-state index contributed by atoms with van der Waals surface area (Å²) in [4.78, 5) is 31.8. The Kier molecular flexibility index (Phi) is 5.24. The first-order valence-electron chi connectivity index (χ1n) is 9.42. The van der Waals surface area contributed by atoms with Crippen molar-refractivity contribution in [1.29, 1.82) is 0 Å². The van der Waals surface area contributed by atoms with E-state index >= 15 is 0 Å². The number of aromatic nitrogens is 2. The monoisotopic (exact) mass is 376 g/mol. The molecule has 0 saturated carbocycles. The second-order valence-corrected chi connectivity index (χ2v) is 9.37. The molecule has 0 N–H and O–H groups in total. The molecule has 6 heteroatoms. The minimum Gasteiger partial charge on any atom is -0.464 e. The molecule has 0 spiro atoms. The van der Waals surface area contributed by atoms with E-state index in [2.05, 4.69) is 25.8 Å². The summed E-state index contributed by atoms with van der Waals surface area (Å²) in [6.07, 6.45) is 5.26. The molecule has 142 valence electrons. The topological polar surface area (TPSA) is 61.2 Å². The zero-order valence-corrected chi connectivity index (χ0v) is 17.1. The molecule has 5 nitrogen and oxygen atoms in total. The number of carbonyl (C=O) groups is 1. The standard InChI is InChI=1S/C20H28N2O3S/c1-6-9-25-19(24)12(2)22-11-21-17-16(18(22)23)14-8-7-13(20(3,4)5)10-15(14)26-17/h11-13H,6-10H2,1-5H3. The van der Waals surface area contributed by atoms with Crippen LogP contribution in [0.3, 0.4) is 0 Å². The Balaban J connectivity index is 1.98. The van der Waals surface area contributed by atoms with Gasteiger partial charge in [-0.3, -0.25) is 9.36 Å². The second kappa shape index (κ2) is 7.14. The van der Waals surface area contributed by atoms with Gasteiger partial charge in [-0.1, -0.05) is 27.7 Å². The van der Waals surface area contributed by atoms with Gasteiger partial charge in [-0.05, 0) is 49.5 Å². The molecule has 0 aromatic carbocycles. The van der Waals surface area contributed by atoms with Crippen molar-refractivity contribution in [3.05, 3.63) is 27.1 Å². The second-order valence-electron chi connectivity index (χ2n) is 8.29. The summed E-state index contributed by atoms with van der Waals surface area (Å²) in [5.41, 5.74) is 1.29. The highest BCUT2D eigenvalue weighted by atomic mass is 32.1. The molecular formula is C20H28N2O3S. The summed E-state index contributed by atoms with van der Waals surface area (Å²) < 4.78 is 6.62. The fourth-order valence-corrected chi connectivity index (χ4v) is 4.89. The Morgan fingerprint density at radius 2 is 2.19 bits per heavy atom. The minimum absolute atomic E-state index is 0.123. The van der Waals surface area contributed by atoms with Crippen LogP contribution in [0.4, 0.5) is 0 Å². The molecule has 0 aliphatic heterocycles. The van der Waals surface area contributed by atoms with Crippen LogP contribution in [0.5, 0.6) is 0 Å². The van der Waals surface area contributed by atoms with Crippen molar-refractivity contribution >= 4 is 27.5 Å². The zero-order valence-electron chi connectivity index (χ0n) is 16.3. The van der Waals surface area contributed by atoms with Crippen molar-refractivity contribution in [2.75, 3.05) is 6.61 Å². The average Bonchev–Trinajstić information content (AvgIpc) is 2.97. The Labute approximate surface area is 158 Å². The van der Waals surface area contributed by atoms with Crippen molar-refractivity contribution in [2.24, 2.45) is 11.3 Å². The van der Waals surface area contributed by atoms with Gasteiger partial charge in [-0.25, -0.2) is 9.78 Å². The van der Waals surface area contributed by atoms with E-state index in [1.54, 1.807) is 18.3 Å². The maximum Gasteiger partial charge on any atom is 0.328 e. The van der Waals surface area contributed by atoms with E-state index in [1.807, 2.05) is 6.92 Å². The van der Waals surface area contributed by atoms with Crippen LogP contribution in [0.25, 0.3) is 10.2 Å². The molecule has 1 aliphatic rings. The Bertz CT molecular complexity index is 876. The Hall–Kier alpha value is -1.69. The van der Waals surface area contributed by atoms with Gasteiger partial charge in [0.1, 0.15) is 10.9 Å². The van der Waals surface area contributed by atoms with Crippen LogP contribution in [0.2, 0.25) is 0 Å². The van der Waals surface area contributed by atoms with Gasteiger partial charge in [0, 0.05) is 4.88 Å². The number of hydrogen-bond acceptors (Lipinski definition) is 5. The van der Waals surface area contributed by atoms with Gasteiger partial charge < -0.3 is 4.74 Å². The van der Waals surface area contributed by atoms with Crippen LogP contribution in [0, 0.1) is 11.3 Å². The van der Waals surface area contributed by atoms with E-state index < -0.39 is 6.04 Å². The van der Waals surface area contributed by atoms with Crippen molar-refractivity contribution in [3.8, 4) is 0 Å². The summed E-state index contributed by atoms with van der Waals surface area (Å²) in [5, 5.41) is 0.704. The summed E-state index contributed by atoms with van der Waals surface area (Å²) in [6, 6.07) is -0.660. The lowest BCUT2D eigenvalue weighted by molar-refractivity contribution is -0.147. The highest BCUT2D eigenvalue weighted by Crippen LogP contribution is 2.41. The van der Waals surface area contributed by atoms with E-state index in [0.29, 0.717) is 17.9 Å².